The number of ether oxygens (including phenoxy) is 1. The molecule has 0 bridgehead atoms. The molecule has 0 aliphatic rings. The maximum Gasteiger partial charge on any atom is 0.283 e. The summed E-state index contributed by atoms with van der Waals surface area (Å²) in [6.07, 6.45) is 0. The van der Waals surface area contributed by atoms with Crippen molar-refractivity contribution in [2.75, 3.05) is 12.9 Å². The molecule has 5 aromatic rings. The molecule has 3 aromatic carbocycles. The van der Waals surface area contributed by atoms with Crippen molar-refractivity contribution >= 4 is 39.5 Å². The van der Waals surface area contributed by atoms with Gasteiger partial charge in [-0.25, -0.2) is 4.98 Å². The number of methoxy groups -OCH3 is 1. The second-order valence-corrected chi connectivity index (χ2v) is 9.10. The van der Waals surface area contributed by atoms with Gasteiger partial charge in [0.15, 0.2) is 10.9 Å². The molecule has 6 nitrogen and oxygen atoms in total. The fraction of sp³-hybridized carbons (Fsp3) is 0.148. The molecule has 0 fully saturated rings. The molecule has 0 saturated heterocycles. The Morgan fingerprint density at radius 2 is 1.82 bits per heavy atom. The lowest BCUT2D eigenvalue weighted by molar-refractivity contribution is 0.102. The zero-order valence-corrected chi connectivity index (χ0v) is 19.9. The van der Waals surface area contributed by atoms with Crippen molar-refractivity contribution in [1.29, 1.82) is 0 Å². The van der Waals surface area contributed by atoms with Crippen LogP contribution in [0.1, 0.15) is 21.5 Å². The molecule has 170 valence electrons. The first-order chi connectivity index (χ1) is 16.5. The number of para-hydroxylation sites is 1. The molecule has 0 unspecified atom stereocenters. The van der Waals surface area contributed by atoms with Crippen LogP contribution in [0.4, 0.5) is 0 Å². The number of aromatic nitrogens is 3. The van der Waals surface area contributed by atoms with Crippen LogP contribution in [0.3, 0.4) is 0 Å². The molecular weight excluding hydrogens is 446 g/mol. The van der Waals surface area contributed by atoms with Crippen LogP contribution in [0, 0.1) is 13.8 Å². The van der Waals surface area contributed by atoms with Gasteiger partial charge in [-0.15, -0.1) is 0 Å². The largest absolute Gasteiger partial charge is 0.497 e. The number of Topliss-reactive ketones (excluding diaryl/α,β-unsaturated/α-hetero) is 1. The van der Waals surface area contributed by atoms with Crippen molar-refractivity contribution < 1.29 is 9.53 Å². The van der Waals surface area contributed by atoms with Gasteiger partial charge < -0.3 is 9.72 Å². The average Bonchev–Trinajstić information content (AvgIpc) is 3.23. The highest BCUT2D eigenvalue weighted by Gasteiger charge is 2.19. The Morgan fingerprint density at radius 3 is 2.59 bits per heavy atom. The number of ketones is 1. The second kappa shape index (κ2) is 8.83. The van der Waals surface area contributed by atoms with Gasteiger partial charge in [0.05, 0.1) is 18.6 Å². The van der Waals surface area contributed by atoms with Gasteiger partial charge in [-0.1, -0.05) is 42.1 Å². The summed E-state index contributed by atoms with van der Waals surface area (Å²) in [7, 11) is 1.59. The minimum atomic E-state index is -0.186. The van der Waals surface area contributed by atoms with Crippen LogP contribution in [0.2, 0.25) is 0 Å². The molecule has 0 amide bonds. The fourth-order valence-corrected chi connectivity index (χ4v) is 4.90. The van der Waals surface area contributed by atoms with E-state index in [1.165, 1.54) is 11.8 Å². The number of carbonyl (C=O) groups is 1. The molecule has 0 radical (unpaired) electrons. The number of fused-ring (bicyclic) bond motifs is 3. The zero-order chi connectivity index (χ0) is 23.8. The van der Waals surface area contributed by atoms with Gasteiger partial charge in [0, 0.05) is 16.5 Å². The third-order valence-corrected chi connectivity index (χ3v) is 6.78. The number of hydrogen-bond donors (Lipinski definition) is 1. The van der Waals surface area contributed by atoms with Gasteiger partial charge in [0.2, 0.25) is 0 Å². The number of rotatable bonds is 6. The van der Waals surface area contributed by atoms with E-state index in [0.29, 0.717) is 27.5 Å². The predicted molar refractivity (Wildman–Crippen MR) is 137 cm³/mol. The molecule has 7 heteroatoms. The molecule has 1 N–H and O–H groups in total. The summed E-state index contributed by atoms with van der Waals surface area (Å²) in [6, 6.07) is 20.7. The summed E-state index contributed by atoms with van der Waals surface area (Å²) in [6.45, 7) is 3.95. The third kappa shape index (κ3) is 3.88. The van der Waals surface area contributed by atoms with Crippen LogP contribution < -0.4 is 10.3 Å². The molecule has 0 saturated carbocycles. The first kappa shape index (κ1) is 22.0. The predicted octanol–water partition coefficient (Wildman–Crippen LogP) is 5.47. The molecule has 0 spiro atoms. The van der Waals surface area contributed by atoms with Crippen molar-refractivity contribution in [1.82, 2.24) is 14.5 Å². The molecule has 2 heterocycles. The Hall–Kier alpha value is -3.84. The lowest BCUT2D eigenvalue weighted by Crippen LogP contribution is -2.23. The van der Waals surface area contributed by atoms with E-state index in [1.807, 2.05) is 56.3 Å². The van der Waals surface area contributed by atoms with Crippen molar-refractivity contribution in [2.24, 2.45) is 0 Å². The third-order valence-electron chi connectivity index (χ3n) is 5.84. The van der Waals surface area contributed by atoms with Crippen LogP contribution in [0.25, 0.3) is 27.6 Å². The number of nitrogens with one attached hydrogen (secondary N) is 1. The Kier molecular flexibility index (Phi) is 5.71. The van der Waals surface area contributed by atoms with E-state index in [1.54, 1.807) is 35.9 Å². The van der Waals surface area contributed by atoms with Crippen LogP contribution in [-0.4, -0.2) is 33.2 Å². The number of aryl methyl sites for hydroxylation is 2. The Morgan fingerprint density at radius 1 is 1.06 bits per heavy atom. The van der Waals surface area contributed by atoms with Gasteiger partial charge >= 0.3 is 0 Å². The molecule has 0 aliphatic heterocycles. The van der Waals surface area contributed by atoms with E-state index in [9.17, 15) is 9.59 Å². The van der Waals surface area contributed by atoms with Gasteiger partial charge in [0.25, 0.3) is 5.56 Å². The van der Waals surface area contributed by atoms with Gasteiger partial charge in [-0.05, 0) is 61.4 Å². The Labute approximate surface area is 200 Å². The van der Waals surface area contributed by atoms with Crippen LogP contribution >= 0.6 is 11.8 Å². The summed E-state index contributed by atoms with van der Waals surface area (Å²) in [4.78, 5) is 34.8. The minimum Gasteiger partial charge on any atom is -0.497 e. The highest BCUT2D eigenvalue weighted by molar-refractivity contribution is 7.99. The topological polar surface area (TPSA) is 77.0 Å². The smallest absolute Gasteiger partial charge is 0.283 e. The second-order valence-electron chi connectivity index (χ2n) is 8.16. The fourth-order valence-electron chi connectivity index (χ4n) is 4.00. The Balaban J connectivity index is 1.63. The summed E-state index contributed by atoms with van der Waals surface area (Å²) in [5.74, 6) is 0.796. The van der Waals surface area contributed by atoms with Crippen LogP contribution in [0.15, 0.2) is 76.7 Å². The summed E-state index contributed by atoms with van der Waals surface area (Å²) in [5, 5.41) is 1.36. The quantitative estimate of drug-likeness (QED) is 0.203. The lowest BCUT2D eigenvalue weighted by Gasteiger charge is -2.15. The van der Waals surface area contributed by atoms with Gasteiger partial charge in [-0.3, -0.25) is 14.2 Å². The Bertz CT molecular complexity index is 1600. The number of thioether (sulfide) groups is 1. The zero-order valence-electron chi connectivity index (χ0n) is 19.1. The van der Waals surface area contributed by atoms with Crippen molar-refractivity contribution in [3.8, 4) is 11.4 Å². The van der Waals surface area contributed by atoms with E-state index in [4.69, 9.17) is 9.72 Å². The van der Waals surface area contributed by atoms with Crippen molar-refractivity contribution in [2.45, 2.75) is 19.0 Å². The first-order valence-electron chi connectivity index (χ1n) is 10.9. The summed E-state index contributed by atoms with van der Waals surface area (Å²) >= 11 is 1.27. The van der Waals surface area contributed by atoms with Crippen molar-refractivity contribution in [3.05, 3.63) is 93.8 Å². The van der Waals surface area contributed by atoms with E-state index >= 15 is 0 Å². The molecule has 0 aliphatic carbocycles. The minimum absolute atomic E-state index is 0.0477. The van der Waals surface area contributed by atoms with Gasteiger partial charge in [-0.2, -0.15) is 0 Å². The number of H-pyrrole nitrogens is 1. The molecule has 34 heavy (non-hydrogen) atoms. The number of carbonyl (C=O) groups excluding carboxylic acids is 1. The standard InChI is InChI=1S/C27H23N3O3S/c1-16-8-9-17(2)22(14-16)30-26(32)25-24(20-6-4-5-7-21(20)28-25)29-27(30)34-15-23(31)18-10-12-19(33-3)13-11-18/h4-14,28H,15H2,1-3H3. The van der Waals surface area contributed by atoms with Crippen LogP contribution in [-0.2, 0) is 0 Å². The maximum atomic E-state index is 13.7. The summed E-state index contributed by atoms with van der Waals surface area (Å²) in [5.41, 5.74) is 5.07. The van der Waals surface area contributed by atoms with E-state index in [2.05, 4.69) is 4.98 Å². The number of aromatic amines is 1. The molecule has 5 rings (SSSR count). The normalized spacial score (nSPS) is 11.3. The van der Waals surface area contributed by atoms with Gasteiger partial charge in [0.1, 0.15) is 16.8 Å². The molecule has 0 atom stereocenters. The highest BCUT2D eigenvalue weighted by Crippen LogP contribution is 2.28. The SMILES string of the molecule is COc1ccc(C(=O)CSc2nc3c([nH]c4ccccc43)c(=O)n2-c2cc(C)ccc2C)cc1. The average molecular weight is 470 g/mol. The monoisotopic (exact) mass is 469 g/mol. The maximum absolute atomic E-state index is 13.7. The molecule has 2 aromatic heterocycles. The number of hydrogen-bond acceptors (Lipinski definition) is 5. The number of benzene rings is 3. The van der Waals surface area contributed by atoms with Crippen molar-refractivity contribution in [3.63, 3.8) is 0 Å². The van der Waals surface area contributed by atoms with E-state index in [-0.39, 0.29) is 17.1 Å². The summed E-state index contributed by atoms with van der Waals surface area (Å²) < 4.78 is 6.79. The van der Waals surface area contributed by atoms with E-state index < -0.39 is 0 Å². The van der Waals surface area contributed by atoms with Crippen LogP contribution in [0.5, 0.6) is 5.75 Å². The lowest BCUT2D eigenvalue weighted by atomic mass is 10.1. The number of nitrogens with zero attached hydrogens (tertiary/aromatic N) is 2. The first-order valence-corrected chi connectivity index (χ1v) is 11.9. The highest BCUT2D eigenvalue weighted by atomic mass is 32.2. The molecular formula is C27H23N3O3S. The van der Waals surface area contributed by atoms with E-state index in [0.717, 1.165) is 27.7 Å².